The molecule has 1 fully saturated rings. The van der Waals surface area contributed by atoms with E-state index in [9.17, 15) is 4.79 Å². The van der Waals surface area contributed by atoms with Crippen molar-refractivity contribution in [2.75, 3.05) is 38.7 Å². The number of anilines is 1. The predicted molar refractivity (Wildman–Crippen MR) is 102 cm³/mol. The molecule has 2 aliphatic heterocycles. The Hall–Kier alpha value is -1.99. The van der Waals surface area contributed by atoms with E-state index < -0.39 is 0 Å². The molecule has 2 aromatic rings. The number of carbonyl (C=O) groups is 1. The maximum atomic E-state index is 12.6. The molecule has 7 heteroatoms. The number of ether oxygens (including phenoxy) is 1. The zero-order chi connectivity index (χ0) is 18.1. The maximum absolute atomic E-state index is 12.6. The van der Waals surface area contributed by atoms with Gasteiger partial charge in [0.05, 0.1) is 18.7 Å². The third-order valence-electron chi connectivity index (χ3n) is 5.26. The quantitative estimate of drug-likeness (QED) is 0.827. The van der Waals surface area contributed by atoms with Gasteiger partial charge in [-0.05, 0) is 36.3 Å². The van der Waals surface area contributed by atoms with Crippen molar-refractivity contribution in [1.29, 1.82) is 0 Å². The molecule has 2 aromatic heterocycles. The Balaban J connectivity index is 1.50. The number of fused-ring (bicyclic) bond motifs is 2. The van der Waals surface area contributed by atoms with Gasteiger partial charge in [-0.2, -0.15) is 0 Å². The molecule has 0 atom stereocenters. The van der Waals surface area contributed by atoms with E-state index >= 15 is 0 Å². The minimum absolute atomic E-state index is 0.204. The first-order valence-electron chi connectivity index (χ1n) is 9.05. The Morgan fingerprint density at radius 1 is 1.38 bits per heavy atom. The lowest BCUT2D eigenvalue weighted by Crippen LogP contribution is -2.49. The highest BCUT2D eigenvalue weighted by atomic mass is 32.1. The van der Waals surface area contributed by atoms with E-state index in [1.807, 2.05) is 47.6 Å². The minimum atomic E-state index is -0.374. The Kier molecular flexibility index (Phi) is 4.67. The Bertz CT molecular complexity index is 783. The van der Waals surface area contributed by atoms with Gasteiger partial charge in [-0.25, -0.2) is 9.97 Å². The first kappa shape index (κ1) is 17.4. The van der Waals surface area contributed by atoms with E-state index in [0.717, 1.165) is 29.8 Å². The van der Waals surface area contributed by atoms with Crippen LogP contribution < -0.4 is 4.90 Å². The average Bonchev–Trinajstić information content (AvgIpc) is 3.15. The normalized spacial score (nSPS) is 18.6. The fourth-order valence-electron chi connectivity index (χ4n) is 3.79. The van der Waals surface area contributed by atoms with Crippen LogP contribution in [0.4, 0.5) is 5.95 Å². The number of rotatable bonds is 3. The summed E-state index contributed by atoms with van der Waals surface area (Å²) in [5.74, 6) is 0.917. The molecule has 138 valence electrons. The van der Waals surface area contributed by atoms with Crippen LogP contribution in [-0.4, -0.2) is 54.6 Å². The van der Waals surface area contributed by atoms with E-state index in [4.69, 9.17) is 9.72 Å². The number of likely N-dealkylation sites (tertiary alicyclic amines) is 1. The predicted octanol–water partition coefficient (Wildman–Crippen LogP) is 2.24. The summed E-state index contributed by atoms with van der Waals surface area (Å²) in [7, 11) is 3.90. The van der Waals surface area contributed by atoms with Crippen molar-refractivity contribution in [3.05, 3.63) is 39.8 Å². The zero-order valence-corrected chi connectivity index (χ0v) is 16.1. The largest absolute Gasteiger partial charge is 0.368 e. The summed E-state index contributed by atoms with van der Waals surface area (Å²) >= 11 is 1.64. The van der Waals surface area contributed by atoms with Crippen LogP contribution in [-0.2, 0) is 28.0 Å². The Morgan fingerprint density at radius 2 is 2.19 bits per heavy atom. The van der Waals surface area contributed by atoms with E-state index in [1.54, 1.807) is 11.3 Å². The molecule has 6 nitrogen and oxygen atoms in total. The summed E-state index contributed by atoms with van der Waals surface area (Å²) in [6.45, 7) is 2.12. The third kappa shape index (κ3) is 3.21. The Morgan fingerprint density at radius 3 is 2.88 bits per heavy atom. The van der Waals surface area contributed by atoms with Crippen LogP contribution in [0.2, 0.25) is 0 Å². The lowest BCUT2D eigenvalue weighted by atomic mass is 9.83. The van der Waals surface area contributed by atoms with E-state index in [1.165, 1.54) is 5.56 Å². The standard InChI is InChI=1S/C19H24N4O2S/c1-22(2)18-20-13-14-5-10-25-19(17(14)21-18)6-8-23(9-7-19)16(24)12-15-4-3-11-26-15/h3-4,11,13H,5-10,12H2,1-2H3. The SMILES string of the molecule is CN(C)c1ncc2c(n1)C1(CCN(C(=O)Cc3cccs3)CC1)OCC2. The van der Waals surface area contributed by atoms with Gasteiger partial charge in [-0.15, -0.1) is 11.3 Å². The van der Waals surface area contributed by atoms with Gasteiger partial charge in [0.2, 0.25) is 11.9 Å². The monoisotopic (exact) mass is 372 g/mol. The van der Waals surface area contributed by atoms with Crippen molar-refractivity contribution < 1.29 is 9.53 Å². The molecule has 0 aliphatic carbocycles. The van der Waals surface area contributed by atoms with Gasteiger partial charge >= 0.3 is 0 Å². The second-order valence-electron chi connectivity index (χ2n) is 7.17. The van der Waals surface area contributed by atoms with Crippen LogP contribution in [0.1, 0.15) is 29.0 Å². The van der Waals surface area contributed by atoms with Crippen LogP contribution in [0.25, 0.3) is 0 Å². The molecule has 0 radical (unpaired) electrons. The van der Waals surface area contributed by atoms with Crippen LogP contribution in [0.3, 0.4) is 0 Å². The number of hydrogen-bond donors (Lipinski definition) is 0. The Labute approximate surface area is 157 Å². The first-order valence-corrected chi connectivity index (χ1v) is 9.93. The molecule has 0 unspecified atom stereocenters. The second kappa shape index (κ2) is 6.96. The zero-order valence-electron chi connectivity index (χ0n) is 15.3. The van der Waals surface area contributed by atoms with Crippen LogP contribution in [0.15, 0.2) is 23.7 Å². The number of piperidine rings is 1. The molecule has 0 N–H and O–H groups in total. The number of aromatic nitrogens is 2. The molecule has 26 heavy (non-hydrogen) atoms. The number of amides is 1. The molecular formula is C19H24N4O2S. The van der Waals surface area contributed by atoms with Gasteiger partial charge in [-0.1, -0.05) is 6.07 Å². The lowest BCUT2D eigenvalue weighted by Gasteiger charge is -2.44. The number of carbonyl (C=O) groups excluding carboxylic acids is 1. The molecule has 0 bridgehead atoms. The van der Waals surface area contributed by atoms with Crippen molar-refractivity contribution in [3.8, 4) is 0 Å². The van der Waals surface area contributed by atoms with E-state index in [0.29, 0.717) is 32.1 Å². The molecule has 1 amide bonds. The van der Waals surface area contributed by atoms with Crippen molar-refractivity contribution in [2.45, 2.75) is 31.3 Å². The summed E-state index contributed by atoms with van der Waals surface area (Å²) in [5, 5.41) is 2.02. The molecule has 4 rings (SSSR count). The van der Waals surface area contributed by atoms with Gasteiger partial charge in [0.25, 0.3) is 0 Å². The fourth-order valence-corrected chi connectivity index (χ4v) is 4.48. The van der Waals surface area contributed by atoms with Crippen LogP contribution in [0, 0.1) is 0 Å². The summed E-state index contributed by atoms with van der Waals surface area (Å²) in [6, 6.07) is 4.02. The smallest absolute Gasteiger partial charge is 0.227 e. The number of nitrogens with zero attached hydrogens (tertiary/aromatic N) is 4. The topological polar surface area (TPSA) is 58.6 Å². The fraction of sp³-hybridized carbons (Fsp3) is 0.526. The van der Waals surface area contributed by atoms with Crippen LogP contribution in [0.5, 0.6) is 0 Å². The molecular weight excluding hydrogens is 348 g/mol. The molecule has 2 aliphatic rings. The van der Waals surface area contributed by atoms with Crippen molar-refractivity contribution in [3.63, 3.8) is 0 Å². The van der Waals surface area contributed by atoms with Gasteiger partial charge < -0.3 is 14.5 Å². The van der Waals surface area contributed by atoms with Crippen LogP contribution >= 0.6 is 11.3 Å². The van der Waals surface area contributed by atoms with E-state index in [2.05, 4.69) is 4.98 Å². The van der Waals surface area contributed by atoms with Crippen molar-refractivity contribution in [1.82, 2.24) is 14.9 Å². The third-order valence-corrected chi connectivity index (χ3v) is 6.14. The summed E-state index contributed by atoms with van der Waals surface area (Å²) in [5.41, 5.74) is 1.83. The number of thiophene rings is 1. The lowest BCUT2D eigenvalue weighted by molar-refractivity contribution is -0.140. The van der Waals surface area contributed by atoms with Gasteiger partial charge in [0.1, 0.15) is 5.60 Å². The molecule has 1 spiro atoms. The summed E-state index contributed by atoms with van der Waals surface area (Å²) in [6.07, 6.45) is 4.87. The average molecular weight is 372 g/mol. The molecule has 4 heterocycles. The summed E-state index contributed by atoms with van der Waals surface area (Å²) < 4.78 is 6.26. The van der Waals surface area contributed by atoms with Crippen molar-refractivity contribution in [2.24, 2.45) is 0 Å². The highest BCUT2D eigenvalue weighted by Gasteiger charge is 2.43. The maximum Gasteiger partial charge on any atom is 0.227 e. The van der Waals surface area contributed by atoms with Gasteiger partial charge in [0.15, 0.2) is 0 Å². The molecule has 0 aromatic carbocycles. The summed E-state index contributed by atoms with van der Waals surface area (Å²) in [4.78, 5) is 26.9. The van der Waals surface area contributed by atoms with Gasteiger partial charge in [0, 0.05) is 38.3 Å². The first-order chi connectivity index (χ1) is 12.6. The highest BCUT2D eigenvalue weighted by Crippen LogP contribution is 2.40. The van der Waals surface area contributed by atoms with Crippen molar-refractivity contribution >= 4 is 23.2 Å². The number of hydrogen-bond acceptors (Lipinski definition) is 6. The molecule has 1 saturated heterocycles. The minimum Gasteiger partial charge on any atom is -0.368 e. The second-order valence-corrected chi connectivity index (χ2v) is 8.20. The van der Waals surface area contributed by atoms with E-state index in [-0.39, 0.29) is 11.5 Å². The van der Waals surface area contributed by atoms with Gasteiger partial charge in [-0.3, -0.25) is 4.79 Å². The molecule has 0 saturated carbocycles. The highest BCUT2D eigenvalue weighted by molar-refractivity contribution is 7.10.